The minimum absolute atomic E-state index is 0.264. The second kappa shape index (κ2) is 5.77. The Kier molecular flexibility index (Phi) is 4.53. The van der Waals surface area contributed by atoms with Crippen LogP contribution in [-0.4, -0.2) is 4.83 Å². The fourth-order valence-electron chi connectivity index (χ4n) is 2.86. The average molecular weight is 309 g/mol. The van der Waals surface area contributed by atoms with Gasteiger partial charge in [-0.05, 0) is 41.7 Å². The fourth-order valence-corrected chi connectivity index (χ4v) is 3.63. The summed E-state index contributed by atoms with van der Waals surface area (Å²) in [4.78, 5) is 0.715. The maximum atomic E-state index is 3.82. The molecule has 2 rings (SSSR count). The molecule has 2 atom stereocenters. The molecular weight excluding hydrogens is 284 g/mol. The molecule has 100 valence electrons. The number of rotatable bonds is 1. The minimum Gasteiger partial charge on any atom is -0.0890 e. The van der Waals surface area contributed by atoms with Crippen molar-refractivity contribution in [2.75, 3.05) is 0 Å². The van der Waals surface area contributed by atoms with Gasteiger partial charge < -0.3 is 0 Å². The van der Waals surface area contributed by atoms with Crippen LogP contribution in [0.1, 0.15) is 69.9 Å². The van der Waals surface area contributed by atoms with Gasteiger partial charge in [-0.3, -0.25) is 0 Å². The molecule has 0 radical (unpaired) electrons. The van der Waals surface area contributed by atoms with E-state index in [-0.39, 0.29) is 5.41 Å². The number of hydrogen-bond donors (Lipinski definition) is 0. The number of alkyl halides is 1. The lowest BCUT2D eigenvalue weighted by Gasteiger charge is -2.21. The molecule has 1 fully saturated rings. The Morgan fingerprint density at radius 1 is 1.00 bits per heavy atom. The van der Waals surface area contributed by atoms with Gasteiger partial charge in [0.15, 0.2) is 0 Å². The van der Waals surface area contributed by atoms with Crippen molar-refractivity contribution in [2.24, 2.45) is 0 Å². The quantitative estimate of drug-likeness (QED) is 0.454. The van der Waals surface area contributed by atoms with Crippen molar-refractivity contribution in [3.8, 4) is 0 Å². The number of halogens is 1. The van der Waals surface area contributed by atoms with Crippen LogP contribution in [0.5, 0.6) is 0 Å². The minimum atomic E-state index is 0.264. The highest BCUT2D eigenvalue weighted by molar-refractivity contribution is 9.09. The van der Waals surface area contributed by atoms with Crippen LogP contribution in [0.2, 0.25) is 0 Å². The third-order valence-electron chi connectivity index (χ3n) is 4.11. The van der Waals surface area contributed by atoms with Crippen molar-refractivity contribution < 1.29 is 0 Å². The van der Waals surface area contributed by atoms with Crippen molar-refractivity contribution in [1.82, 2.24) is 0 Å². The average Bonchev–Trinajstić information content (AvgIpc) is 2.53. The van der Waals surface area contributed by atoms with E-state index in [9.17, 15) is 0 Å². The van der Waals surface area contributed by atoms with Crippen LogP contribution >= 0.6 is 15.9 Å². The Hall–Kier alpha value is -0.300. The molecule has 0 aliphatic heterocycles. The van der Waals surface area contributed by atoms with E-state index in [4.69, 9.17) is 0 Å². The molecule has 1 heteroatoms. The molecule has 18 heavy (non-hydrogen) atoms. The maximum Gasteiger partial charge on any atom is 0.0151 e. The smallest absolute Gasteiger partial charge is 0.0151 e. The molecule has 1 saturated carbocycles. The number of benzene rings is 1. The highest BCUT2D eigenvalue weighted by Crippen LogP contribution is 2.35. The molecular formula is C17H25Br. The van der Waals surface area contributed by atoms with Crippen LogP contribution in [0.25, 0.3) is 0 Å². The summed E-state index contributed by atoms with van der Waals surface area (Å²) in [7, 11) is 0. The Bertz CT molecular complexity index is 372. The summed E-state index contributed by atoms with van der Waals surface area (Å²) in [5.74, 6) is 0.755. The third kappa shape index (κ3) is 3.60. The lowest BCUT2D eigenvalue weighted by molar-refractivity contribution is 0.583. The predicted molar refractivity (Wildman–Crippen MR) is 83.7 cm³/mol. The summed E-state index contributed by atoms with van der Waals surface area (Å²) in [6.45, 7) is 6.84. The highest BCUT2D eigenvalue weighted by atomic mass is 79.9. The molecule has 0 nitrogen and oxygen atoms in total. The molecule has 0 bridgehead atoms. The van der Waals surface area contributed by atoms with E-state index in [1.165, 1.54) is 43.2 Å². The largest absolute Gasteiger partial charge is 0.0890 e. The zero-order valence-corrected chi connectivity index (χ0v) is 13.5. The van der Waals surface area contributed by atoms with Crippen molar-refractivity contribution in [2.45, 2.75) is 69.0 Å². The van der Waals surface area contributed by atoms with E-state index in [2.05, 4.69) is 61.0 Å². The molecule has 1 aliphatic rings. The first-order chi connectivity index (χ1) is 8.47. The first kappa shape index (κ1) is 14.1. The van der Waals surface area contributed by atoms with Gasteiger partial charge in [-0.25, -0.2) is 0 Å². The lowest BCUT2D eigenvalue weighted by atomic mass is 9.84. The summed E-state index contributed by atoms with van der Waals surface area (Å²) in [6, 6.07) is 9.36. The van der Waals surface area contributed by atoms with Crippen LogP contribution in [0.4, 0.5) is 0 Å². The van der Waals surface area contributed by atoms with Crippen molar-refractivity contribution in [1.29, 1.82) is 0 Å². The predicted octanol–water partition coefficient (Wildman–Crippen LogP) is 5.80. The van der Waals surface area contributed by atoms with Gasteiger partial charge >= 0.3 is 0 Å². The summed E-state index contributed by atoms with van der Waals surface area (Å²) in [5, 5.41) is 0. The molecule has 1 aromatic carbocycles. The van der Waals surface area contributed by atoms with E-state index in [0.29, 0.717) is 4.83 Å². The van der Waals surface area contributed by atoms with E-state index in [1.807, 2.05) is 0 Å². The Morgan fingerprint density at radius 2 is 1.61 bits per heavy atom. The monoisotopic (exact) mass is 308 g/mol. The van der Waals surface area contributed by atoms with Crippen LogP contribution in [-0.2, 0) is 5.41 Å². The summed E-state index contributed by atoms with van der Waals surface area (Å²) < 4.78 is 0. The van der Waals surface area contributed by atoms with Gasteiger partial charge in [0.2, 0.25) is 0 Å². The molecule has 0 N–H and O–H groups in total. The zero-order chi connectivity index (χ0) is 13.2. The van der Waals surface area contributed by atoms with Crippen LogP contribution in [0.15, 0.2) is 24.3 Å². The highest BCUT2D eigenvalue weighted by Gasteiger charge is 2.20. The Morgan fingerprint density at radius 3 is 2.22 bits per heavy atom. The summed E-state index contributed by atoms with van der Waals surface area (Å²) >= 11 is 3.82. The second-order valence-corrected chi connectivity index (χ2v) is 7.98. The molecule has 0 spiro atoms. The van der Waals surface area contributed by atoms with E-state index >= 15 is 0 Å². The van der Waals surface area contributed by atoms with E-state index in [1.54, 1.807) is 0 Å². The Balaban J connectivity index is 2.13. The van der Waals surface area contributed by atoms with Crippen LogP contribution in [0, 0.1) is 0 Å². The third-order valence-corrected chi connectivity index (χ3v) is 4.94. The standard InChI is InChI=1S/C17H25Br/c1-17(2,3)15-10-8-13(9-11-15)14-6-4-5-7-16(18)12-14/h8-11,14,16H,4-7,12H2,1-3H3. The van der Waals surface area contributed by atoms with Crippen molar-refractivity contribution >= 4 is 15.9 Å². The maximum absolute atomic E-state index is 3.82. The molecule has 0 amide bonds. The van der Waals surface area contributed by atoms with Gasteiger partial charge in [-0.15, -0.1) is 0 Å². The Labute approximate surface area is 120 Å². The topological polar surface area (TPSA) is 0 Å². The second-order valence-electron chi connectivity index (χ2n) is 6.69. The van der Waals surface area contributed by atoms with E-state index < -0.39 is 0 Å². The number of hydrogen-bond acceptors (Lipinski definition) is 0. The van der Waals surface area contributed by atoms with Crippen molar-refractivity contribution in [3.05, 3.63) is 35.4 Å². The molecule has 0 heterocycles. The molecule has 0 saturated heterocycles. The zero-order valence-electron chi connectivity index (χ0n) is 11.9. The molecule has 0 aromatic heterocycles. The molecule has 2 unspecified atom stereocenters. The van der Waals surface area contributed by atoms with Gasteiger partial charge in [0.05, 0.1) is 0 Å². The fraction of sp³-hybridized carbons (Fsp3) is 0.647. The van der Waals surface area contributed by atoms with Gasteiger partial charge in [0.1, 0.15) is 0 Å². The summed E-state index contributed by atoms with van der Waals surface area (Å²) in [6.07, 6.45) is 6.77. The SMILES string of the molecule is CC(C)(C)c1ccc(C2CCCCC(Br)C2)cc1. The lowest BCUT2D eigenvalue weighted by Crippen LogP contribution is -2.11. The first-order valence-corrected chi connectivity index (χ1v) is 8.13. The van der Waals surface area contributed by atoms with Gasteiger partial charge in [-0.2, -0.15) is 0 Å². The molecule has 1 aromatic rings. The normalized spacial score (nSPS) is 25.8. The first-order valence-electron chi connectivity index (χ1n) is 7.21. The van der Waals surface area contributed by atoms with E-state index in [0.717, 1.165) is 5.92 Å². The molecule has 1 aliphatic carbocycles. The van der Waals surface area contributed by atoms with Crippen LogP contribution < -0.4 is 0 Å². The summed E-state index contributed by atoms with van der Waals surface area (Å²) in [5.41, 5.74) is 3.24. The van der Waals surface area contributed by atoms with Gasteiger partial charge in [-0.1, -0.05) is 73.8 Å². The van der Waals surface area contributed by atoms with Gasteiger partial charge in [0.25, 0.3) is 0 Å². The van der Waals surface area contributed by atoms with Crippen LogP contribution in [0.3, 0.4) is 0 Å². The van der Waals surface area contributed by atoms with Crippen molar-refractivity contribution in [3.63, 3.8) is 0 Å². The van der Waals surface area contributed by atoms with Gasteiger partial charge in [0, 0.05) is 4.83 Å².